The number of hydrogen-bond donors (Lipinski definition) is 0. The summed E-state index contributed by atoms with van der Waals surface area (Å²) < 4.78 is 17.5. The van der Waals surface area contributed by atoms with Crippen molar-refractivity contribution in [1.29, 1.82) is 0 Å². The summed E-state index contributed by atoms with van der Waals surface area (Å²) in [6.45, 7) is 2.63. The second kappa shape index (κ2) is 11.7. The second-order valence-electron chi connectivity index (χ2n) is 8.14. The molecule has 7 heteroatoms. The van der Waals surface area contributed by atoms with E-state index in [2.05, 4.69) is 0 Å². The minimum Gasteiger partial charge on any atom is -0.489 e. The molecule has 0 aliphatic carbocycles. The molecule has 0 fully saturated rings. The van der Waals surface area contributed by atoms with Crippen LogP contribution in [0.2, 0.25) is 0 Å². The normalized spacial score (nSPS) is 11.4. The van der Waals surface area contributed by atoms with Gasteiger partial charge in [0.2, 0.25) is 0 Å². The zero-order valence-corrected chi connectivity index (χ0v) is 19.7. The Morgan fingerprint density at radius 1 is 0.806 bits per heavy atom. The topological polar surface area (TPSA) is 87.9 Å². The SMILES string of the molecule is CC(Oc1ccc(COc2ccc(C=O)cc2[N+](=O)[O-])cc1)c1ccc(OCc2ccccc2)cc1. The number of hydrogen-bond acceptors (Lipinski definition) is 6. The molecule has 36 heavy (non-hydrogen) atoms. The molecule has 4 rings (SSSR count). The average Bonchev–Trinajstić information content (AvgIpc) is 2.92. The van der Waals surface area contributed by atoms with Crippen molar-refractivity contribution < 1.29 is 23.9 Å². The van der Waals surface area contributed by atoms with Gasteiger partial charge in [0.05, 0.1) is 4.92 Å². The number of nitrogens with zero attached hydrogens (tertiary/aromatic N) is 1. The highest BCUT2D eigenvalue weighted by Gasteiger charge is 2.16. The number of nitro benzene ring substituents is 1. The van der Waals surface area contributed by atoms with Gasteiger partial charge in [-0.15, -0.1) is 0 Å². The van der Waals surface area contributed by atoms with Crippen molar-refractivity contribution in [2.75, 3.05) is 0 Å². The zero-order chi connectivity index (χ0) is 25.3. The minimum atomic E-state index is -0.567. The molecule has 182 valence electrons. The van der Waals surface area contributed by atoms with Gasteiger partial charge >= 0.3 is 5.69 Å². The van der Waals surface area contributed by atoms with Crippen molar-refractivity contribution in [3.05, 3.63) is 129 Å². The van der Waals surface area contributed by atoms with Gasteiger partial charge < -0.3 is 14.2 Å². The van der Waals surface area contributed by atoms with Gasteiger partial charge in [-0.25, -0.2) is 0 Å². The van der Waals surface area contributed by atoms with Gasteiger partial charge in [-0.3, -0.25) is 14.9 Å². The summed E-state index contributed by atoms with van der Waals surface area (Å²) in [5, 5.41) is 11.3. The molecule has 0 saturated carbocycles. The van der Waals surface area contributed by atoms with E-state index in [4.69, 9.17) is 14.2 Å². The summed E-state index contributed by atoms with van der Waals surface area (Å²) in [5.41, 5.74) is 2.93. The first-order valence-corrected chi connectivity index (χ1v) is 11.4. The van der Waals surface area contributed by atoms with Crippen LogP contribution in [0.25, 0.3) is 0 Å². The number of nitro groups is 1. The molecule has 0 saturated heterocycles. The van der Waals surface area contributed by atoms with Gasteiger partial charge in [-0.1, -0.05) is 54.6 Å². The molecule has 1 unspecified atom stereocenters. The Morgan fingerprint density at radius 2 is 1.44 bits per heavy atom. The van der Waals surface area contributed by atoms with Crippen LogP contribution in [0.5, 0.6) is 17.2 Å². The van der Waals surface area contributed by atoms with E-state index in [1.807, 2.05) is 85.8 Å². The third kappa shape index (κ3) is 6.48. The molecule has 0 spiro atoms. The van der Waals surface area contributed by atoms with Crippen LogP contribution in [-0.4, -0.2) is 11.2 Å². The molecule has 0 bridgehead atoms. The van der Waals surface area contributed by atoms with E-state index in [1.165, 1.54) is 18.2 Å². The number of carbonyl (C=O) groups excluding carboxylic acids is 1. The lowest BCUT2D eigenvalue weighted by atomic mass is 10.1. The predicted octanol–water partition coefficient (Wildman–Crippen LogP) is 6.71. The smallest absolute Gasteiger partial charge is 0.311 e. The predicted molar refractivity (Wildman–Crippen MR) is 136 cm³/mol. The molecule has 0 aromatic heterocycles. The van der Waals surface area contributed by atoms with Gasteiger partial charge in [0, 0.05) is 11.6 Å². The van der Waals surface area contributed by atoms with Crippen molar-refractivity contribution in [2.24, 2.45) is 0 Å². The largest absolute Gasteiger partial charge is 0.489 e. The first-order chi connectivity index (χ1) is 17.5. The maximum absolute atomic E-state index is 11.3. The van der Waals surface area contributed by atoms with Gasteiger partial charge in [0.1, 0.15) is 37.1 Å². The van der Waals surface area contributed by atoms with Crippen molar-refractivity contribution in [2.45, 2.75) is 26.2 Å². The number of carbonyl (C=O) groups is 1. The van der Waals surface area contributed by atoms with Gasteiger partial charge in [-0.2, -0.15) is 0 Å². The van der Waals surface area contributed by atoms with Crippen molar-refractivity contribution in [3.63, 3.8) is 0 Å². The third-order valence-electron chi connectivity index (χ3n) is 5.54. The number of rotatable bonds is 11. The Hall–Kier alpha value is -4.65. The van der Waals surface area contributed by atoms with Crippen molar-refractivity contribution in [1.82, 2.24) is 0 Å². The van der Waals surface area contributed by atoms with Gasteiger partial charge in [0.15, 0.2) is 5.75 Å². The van der Waals surface area contributed by atoms with E-state index in [1.54, 1.807) is 0 Å². The van der Waals surface area contributed by atoms with Crippen molar-refractivity contribution in [3.8, 4) is 17.2 Å². The highest BCUT2D eigenvalue weighted by molar-refractivity contribution is 5.77. The first-order valence-electron chi connectivity index (χ1n) is 11.4. The lowest BCUT2D eigenvalue weighted by Crippen LogP contribution is -2.04. The molecule has 0 N–H and O–H groups in total. The van der Waals surface area contributed by atoms with E-state index < -0.39 is 4.92 Å². The summed E-state index contributed by atoms with van der Waals surface area (Å²) in [6, 6.07) is 29.3. The lowest BCUT2D eigenvalue weighted by Gasteiger charge is -2.16. The first kappa shape index (κ1) is 24.5. The summed E-state index contributed by atoms with van der Waals surface area (Å²) in [5.74, 6) is 1.59. The Balaban J connectivity index is 1.30. The standard InChI is InChI=1S/C29H25NO6/c1-21(25-10-14-26(15-11-25)34-19-22-5-3-2-4-6-22)36-27-12-7-23(8-13-27)20-35-29-16-9-24(18-31)17-28(29)30(32)33/h2-18,21H,19-20H2,1H3. The van der Waals surface area contributed by atoms with Crippen molar-refractivity contribution >= 4 is 12.0 Å². The lowest BCUT2D eigenvalue weighted by molar-refractivity contribution is -0.386. The van der Waals surface area contributed by atoms with E-state index in [9.17, 15) is 14.9 Å². The Bertz CT molecular complexity index is 1300. The summed E-state index contributed by atoms with van der Waals surface area (Å²) in [6.07, 6.45) is 0.388. The van der Waals surface area contributed by atoms with E-state index >= 15 is 0 Å². The molecular weight excluding hydrogens is 458 g/mol. The van der Waals surface area contributed by atoms with Crippen LogP contribution < -0.4 is 14.2 Å². The summed E-state index contributed by atoms with van der Waals surface area (Å²) in [4.78, 5) is 21.6. The maximum Gasteiger partial charge on any atom is 0.311 e. The molecule has 1 atom stereocenters. The van der Waals surface area contributed by atoms with Crippen LogP contribution in [0.15, 0.2) is 97.1 Å². The molecule has 4 aromatic carbocycles. The van der Waals surface area contributed by atoms with E-state index in [-0.39, 0.29) is 29.7 Å². The number of benzene rings is 4. The van der Waals surface area contributed by atoms with Crippen LogP contribution in [-0.2, 0) is 13.2 Å². The summed E-state index contributed by atoms with van der Waals surface area (Å²) in [7, 11) is 0. The molecule has 0 aliphatic heterocycles. The fraction of sp³-hybridized carbons (Fsp3) is 0.138. The fourth-order valence-electron chi connectivity index (χ4n) is 3.55. The summed E-state index contributed by atoms with van der Waals surface area (Å²) >= 11 is 0. The average molecular weight is 484 g/mol. The highest BCUT2D eigenvalue weighted by atomic mass is 16.6. The monoisotopic (exact) mass is 483 g/mol. The molecule has 0 aliphatic rings. The van der Waals surface area contributed by atoms with Crippen LogP contribution in [0.3, 0.4) is 0 Å². The molecule has 0 radical (unpaired) electrons. The quantitative estimate of drug-likeness (QED) is 0.134. The van der Waals surface area contributed by atoms with Gasteiger partial charge in [0.25, 0.3) is 0 Å². The molecule has 0 heterocycles. The molecule has 4 aromatic rings. The van der Waals surface area contributed by atoms with Crippen LogP contribution >= 0.6 is 0 Å². The maximum atomic E-state index is 11.3. The Morgan fingerprint density at radius 3 is 2.11 bits per heavy atom. The Kier molecular flexibility index (Phi) is 7.93. The molecule has 0 amide bonds. The van der Waals surface area contributed by atoms with Crippen LogP contribution in [0, 0.1) is 10.1 Å². The minimum absolute atomic E-state index is 0.107. The second-order valence-corrected chi connectivity index (χ2v) is 8.14. The fourth-order valence-corrected chi connectivity index (χ4v) is 3.55. The molecule has 7 nitrogen and oxygen atoms in total. The zero-order valence-electron chi connectivity index (χ0n) is 19.7. The Labute approximate surface area is 209 Å². The third-order valence-corrected chi connectivity index (χ3v) is 5.54. The van der Waals surface area contributed by atoms with E-state index in [0.29, 0.717) is 18.6 Å². The van der Waals surface area contributed by atoms with Gasteiger partial charge in [-0.05, 0) is 60.0 Å². The number of ether oxygens (including phenoxy) is 3. The highest BCUT2D eigenvalue weighted by Crippen LogP contribution is 2.29. The number of aldehydes is 1. The van der Waals surface area contributed by atoms with Crippen LogP contribution in [0.1, 0.15) is 40.1 Å². The van der Waals surface area contributed by atoms with Crippen LogP contribution in [0.4, 0.5) is 5.69 Å². The molecular formula is C29H25NO6. The van der Waals surface area contributed by atoms with E-state index in [0.717, 1.165) is 22.4 Å².